The topological polar surface area (TPSA) is 170 Å². The van der Waals surface area contributed by atoms with Crippen LogP contribution in [0.5, 0.6) is 0 Å². The van der Waals surface area contributed by atoms with E-state index in [4.69, 9.17) is 16.6 Å². The molecule has 1 saturated carbocycles. The summed E-state index contributed by atoms with van der Waals surface area (Å²) in [5, 5.41) is 29.2. The summed E-state index contributed by atoms with van der Waals surface area (Å²) in [5.41, 5.74) is 5.55. The average molecular weight is 740 g/mol. The van der Waals surface area contributed by atoms with Gasteiger partial charge in [-0.15, -0.1) is 0 Å². The number of amides is 2. The first-order valence-corrected chi connectivity index (χ1v) is 18.6. The fourth-order valence-corrected chi connectivity index (χ4v) is 7.91. The van der Waals surface area contributed by atoms with Gasteiger partial charge < -0.3 is 30.2 Å². The summed E-state index contributed by atoms with van der Waals surface area (Å²) in [6.07, 6.45) is 4.62. The van der Waals surface area contributed by atoms with Crippen LogP contribution in [0.15, 0.2) is 36.4 Å². The van der Waals surface area contributed by atoms with E-state index in [0.717, 1.165) is 61.7 Å². The number of aliphatic carboxylic acids is 1. The van der Waals surface area contributed by atoms with Gasteiger partial charge in [0, 0.05) is 62.7 Å². The van der Waals surface area contributed by atoms with E-state index in [0.29, 0.717) is 66.6 Å². The SMILES string of the molecule is CCc1c(CNCC2CCC(C(=O)O)CC2)nc(C(=O)Nc2cccc(-c3cccc(NC(=O)c4nc5c(n4C)CCN(CC)C5)c3Cl)c2C#N)n1C. The van der Waals surface area contributed by atoms with Crippen molar-refractivity contribution in [2.75, 3.05) is 30.3 Å². The number of fused-ring (bicyclic) bond motifs is 1. The molecule has 278 valence electrons. The fourth-order valence-electron chi connectivity index (χ4n) is 7.63. The molecule has 2 aliphatic rings. The van der Waals surface area contributed by atoms with Crippen LogP contribution in [0.1, 0.15) is 89.1 Å². The highest BCUT2D eigenvalue weighted by atomic mass is 35.5. The van der Waals surface area contributed by atoms with Crippen molar-refractivity contribution in [2.45, 2.75) is 65.5 Å². The molecule has 14 heteroatoms. The summed E-state index contributed by atoms with van der Waals surface area (Å²) >= 11 is 6.92. The molecule has 13 nitrogen and oxygen atoms in total. The highest BCUT2D eigenvalue weighted by molar-refractivity contribution is 6.36. The summed E-state index contributed by atoms with van der Waals surface area (Å²) in [4.78, 5) is 50.1. The second kappa shape index (κ2) is 16.3. The predicted octanol–water partition coefficient (Wildman–Crippen LogP) is 5.77. The van der Waals surface area contributed by atoms with Crippen molar-refractivity contribution in [1.29, 1.82) is 5.26 Å². The number of imidazole rings is 2. The standard InChI is InChI=1S/C39H46ClN9O4/c1-5-32-30(21-42-20-23-13-15-24(16-14-23)39(52)53)43-35(47(32)3)37(50)45-28-11-7-9-25(27(28)19-41)26-10-8-12-29(34(26)40)46-38(51)36-44-31-22-49(6-2)18-17-33(31)48(36)4/h7-12,23-24,42H,5-6,13-18,20-22H2,1-4H3,(H,45,50)(H,46,51)(H,52,53). The van der Waals surface area contributed by atoms with Crippen molar-refractivity contribution in [3.63, 3.8) is 0 Å². The quantitative estimate of drug-likeness (QED) is 0.141. The Kier molecular flexibility index (Phi) is 11.6. The minimum atomic E-state index is -0.710. The number of hydrogen-bond donors (Lipinski definition) is 4. The number of likely N-dealkylation sites (N-methyl/N-ethyl adjacent to an activating group) is 1. The molecule has 1 aliphatic carbocycles. The van der Waals surface area contributed by atoms with Crippen LogP contribution in [0, 0.1) is 23.2 Å². The number of nitriles is 1. The van der Waals surface area contributed by atoms with Gasteiger partial charge in [-0.05, 0) is 63.2 Å². The van der Waals surface area contributed by atoms with Crippen molar-refractivity contribution in [3.8, 4) is 17.2 Å². The third-order valence-corrected chi connectivity index (χ3v) is 11.1. The van der Waals surface area contributed by atoms with E-state index in [2.05, 4.69) is 38.8 Å². The lowest BCUT2D eigenvalue weighted by atomic mass is 9.82. The molecule has 1 fully saturated rings. The van der Waals surface area contributed by atoms with Crippen LogP contribution >= 0.6 is 11.6 Å². The third kappa shape index (κ3) is 7.85. The van der Waals surface area contributed by atoms with Gasteiger partial charge in [0.1, 0.15) is 6.07 Å². The Hall–Kier alpha value is -5.03. The Morgan fingerprint density at radius 1 is 0.943 bits per heavy atom. The molecule has 2 aromatic carbocycles. The Morgan fingerprint density at radius 3 is 2.26 bits per heavy atom. The maximum atomic E-state index is 13.7. The lowest BCUT2D eigenvalue weighted by Gasteiger charge is -2.26. The normalized spacial score (nSPS) is 17.2. The molecule has 6 rings (SSSR count). The van der Waals surface area contributed by atoms with E-state index < -0.39 is 11.9 Å². The number of carboxylic acids is 1. The van der Waals surface area contributed by atoms with Gasteiger partial charge in [-0.1, -0.05) is 49.7 Å². The summed E-state index contributed by atoms with van der Waals surface area (Å²) in [7, 11) is 3.66. The van der Waals surface area contributed by atoms with Gasteiger partial charge in [0.25, 0.3) is 11.8 Å². The molecule has 0 saturated heterocycles. The number of aromatic nitrogens is 4. The maximum Gasteiger partial charge on any atom is 0.306 e. The van der Waals surface area contributed by atoms with Gasteiger partial charge in [-0.2, -0.15) is 5.26 Å². The van der Waals surface area contributed by atoms with Gasteiger partial charge in [0.15, 0.2) is 11.6 Å². The van der Waals surface area contributed by atoms with Crippen LogP contribution in [0.25, 0.3) is 11.1 Å². The Morgan fingerprint density at radius 2 is 1.60 bits per heavy atom. The number of nitrogens with one attached hydrogen (secondary N) is 3. The van der Waals surface area contributed by atoms with E-state index in [1.807, 2.05) is 18.5 Å². The number of carbonyl (C=O) groups excluding carboxylic acids is 2. The van der Waals surface area contributed by atoms with Gasteiger partial charge in [0.05, 0.1) is 39.3 Å². The van der Waals surface area contributed by atoms with Gasteiger partial charge in [-0.25, -0.2) is 9.97 Å². The first kappa shape index (κ1) is 37.7. The molecule has 53 heavy (non-hydrogen) atoms. The van der Waals surface area contributed by atoms with Gasteiger partial charge in [0.2, 0.25) is 0 Å². The summed E-state index contributed by atoms with van der Waals surface area (Å²) in [6, 6.07) is 12.6. The minimum Gasteiger partial charge on any atom is -0.481 e. The molecular weight excluding hydrogens is 694 g/mol. The molecule has 4 N–H and O–H groups in total. The highest BCUT2D eigenvalue weighted by Crippen LogP contribution is 2.38. The molecule has 0 spiro atoms. The van der Waals surface area contributed by atoms with Crippen LogP contribution in [0.2, 0.25) is 5.02 Å². The molecular formula is C39H46ClN9O4. The number of carboxylic acid groups (broad SMARTS) is 1. The molecule has 1 aliphatic heterocycles. The second-order valence-corrected chi connectivity index (χ2v) is 14.2. The van der Waals surface area contributed by atoms with Crippen molar-refractivity contribution in [3.05, 3.63) is 81.4 Å². The van der Waals surface area contributed by atoms with Crippen molar-refractivity contribution in [2.24, 2.45) is 25.9 Å². The van der Waals surface area contributed by atoms with E-state index in [1.54, 1.807) is 48.0 Å². The first-order chi connectivity index (χ1) is 25.5. The van der Waals surface area contributed by atoms with Crippen LogP contribution < -0.4 is 16.0 Å². The lowest BCUT2D eigenvalue weighted by molar-refractivity contribution is -0.143. The average Bonchev–Trinajstić information content (AvgIpc) is 3.67. The number of nitrogens with zero attached hydrogens (tertiary/aromatic N) is 6. The van der Waals surface area contributed by atoms with Crippen LogP contribution in [0.4, 0.5) is 11.4 Å². The van der Waals surface area contributed by atoms with Gasteiger partial charge in [-0.3, -0.25) is 19.3 Å². The molecule has 0 radical (unpaired) electrons. The number of hydrogen-bond acceptors (Lipinski definition) is 8. The molecule has 0 atom stereocenters. The minimum absolute atomic E-state index is 0.216. The summed E-state index contributed by atoms with van der Waals surface area (Å²) in [5.74, 6) is -0.874. The van der Waals surface area contributed by atoms with Gasteiger partial charge >= 0.3 is 5.97 Å². The molecule has 0 bridgehead atoms. The van der Waals surface area contributed by atoms with E-state index >= 15 is 0 Å². The number of halogens is 1. The largest absolute Gasteiger partial charge is 0.481 e. The van der Waals surface area contributed by atoms with Crippen molar-refractivity contribution in [1.82, 2.24) is 29.3 Å². The number of anilines is 2. The van der Waals surface area contributed by atoms with E-state index in [-0.39, 0.29) is 28.2 Å². The van der Waals surface area contributed by atoms with Crippen molar-refractivity contribution < 1.29 is 19.5 Å². The molecule has 0 unspecified atom stereocenters. The Balaban J connectivity index is 1.17. The van der Waals surface area contributed by atoms with E-state index in [1.165, 1.54) is 0 Å². The van der Waals surface area contributed by atoms with E-state index in [9.17, 15) is 24.8 Å². The zero-order valence-electron chi connectivity index (χ0n) is 30.6. The summed E-state index contributed by atoms with van der Waals surface area (Å²) < 4.78 is 3.62. The second-order valence-electron chi connectivity index (χ2n) is 13.9. The molecule has 4 aromatic rings. The highest BCUT2D eigenvalue weighted by Gasteiger charge is 2.28. The van der Waals surface area contributed by atoms with Crippen molar-refractivity contribution >= 4 is 40.8 Å². The molecule has 3 heterocycles. The number of benzene rings is 2. The maximum absolute atomic E-state index is 13.7. The first-order valence-electron chi connectivity index (χ1n) is 18.2. The van der Waals surface area contributed by atoms with Crippen LogP contribution in [-0.4, -0.2) is 66.5 Å². The van der Waals surface area contributed by atoms with Crippen LogP contribution in [0.3, 0.4) is 0 Å². The predicted molar refractivity (Wildman–Crippen MR) is 203 cm³/mol. The lowest BCUT2D eigenvalue weighted by Crippen LogP contribution is -2.30. The fraction of sp³-hybridized carbons (Fsp3) is 0.436. The third-order valence-electron chi connectivity index (χ3n) is 10.7. The Labute approximate surface area is 314 Å². The smallest absolute Gasteiger partial charge is 0.306 e. The number of rotatable bonds is 12. The molecule has 2 amide bonds. The summed E-state index contributed by atoms with van der Waals surface area (Å²) in [6.45, 7) is 7.88. The van der Waals surface area contributed by atoms with Crippen LogP contribution in [-0.2, 0) is 44.8 Å². The Bertz CT molecular complexity index is 2070. The molecule has 2 aromatic heterocycles. The monoisotopic (exact) mass is 739 g/mol. The zero-order chi connectivity index (χ0) is 37.8. The zero-order valence-corrected chi connectivity index (χ0v) is 31.4. The number of carbonyl (C=O) groups is 3.